The fourth-order valence-electron chi connectivity index (χ4n) is 3.08. The van der Waals surface area contributed by atoms with Crippen molar-refractivity contribution in [1.82, 2.24) is 20.2 Å². The molecule has 2 N–H and O–H groups in total. The summed E-state index contributed by atoms with van der Waals surface area (Å²) >= 11 is 0. The number of ether oxygens (including phenoxy) is 1. The molecule has 6 heteroatoms. The van der Waals surface area contributed by atoms with Gasteiger partial charge in [0.05, 0.1) is 24.2 Å². The first kappa shape index (κ1) is 18.9. The number of nitrogens with one attached hydrogen (secondary N) is 2. The Kier molecular flexibility index (Phi) is 6.08. The molecule has 0 aliphatic rings. The Morgan fingerprint density at radius 2 is 1.93 bits per heavy atom. The second kappa shape index (κ2) is 8.68. The molecular weight excluding hydrogens is 340 g/mol. The van der Waals surface area contributed by atoms with Crippen LogP contribution in [0.5, 0.6) is 5.75 Å². The Morgan fingerprint density at radius 1 is 1.19 bits per heavy atom. The quantitative estimate of drug-likeness (QED) is 0.643. The number of amides is 1. The SMILES string of the molecule is COc1ccc([C@@H](CNC(=O)CCc2nc3ccccc3[nH]2)N(C)C)cc1. The van der Waals surface area contributed by atoms with Gasteiger partial charge < -0.3 is 19.9 Å². The highest BCUT2D eigenvalue weighted by atomic mass is 16.5. The highest BCUT2D eigenvalue weighted by Crippen LogP contribution is 2.20. The minimum absolute atomic E-state index is 0.0239. The summed E-state index contributed by atoms with van der Waals surface area (Å²) in [6.45, 7) is 0.554. The molecule has 0 aliphatic heterocycles. The first-order valence-corrected chi connectivity index (χ1v) is 9.07. The Balaban J connectivity index is 1.54. The molecule has 0 saturated carbocycles. The molecule has 142 valence electrons. The van der Waals surface area contributed by atoms with Crippen molar-refractivity contribution in [2.75, 3.05) is 27.7 Å². The van der Waals surface area contributed by atoms with E-state index in [1.54, 1.807) is 7.11 Å². The lowest BCUT2D eigenvalue weighted by Crippen LogP contribution is -2.34. The number of carbonyl (C=O) groups is 1. The number of aromatic nitrogens is 2. The molecule has 0 radical (unpaired) electrons. The summed E-state index contributed by atoms with van der Waals surface area (Å²) in [6.07, 6.45) is 0.998. The summed E-state index contributed by atoms with van der Waals surface area (Å²) in [5.74, 6) is 1.69. The largest absolute Gasteiger partial charge is 0.497 e. The van der Waals surface area contributed by atoms with Gasteiger partial charge in [0.15, 0.2) is 0 Å². The molecule has 6 nitrogen and oxygen atoms in total. The number of nitrogens with zero attached hydrogens (tertiary/aromatic N) is 2. The molecule has 27 heavy (non-hydrogen) atoms. The summed E-state index contributed by atoms with van der Waals surface area (Å²) < 4.78 is 5.21. The second-order valence-corrected chi connectivity index (χ2v) is 6.76. The highest BCUT2D eigenvalue weighted by molar-refractivity contribution is 5.77. The van der Waals surface area contributed by atoms with Gasteiger partial charge in [0, 0.05) is 19.4 Å². The molecular formula is C21H26N4O2. The summed E-state index contributed by atoms with van der Waals surface area (Å²) in [6, 6.07) is 15.9. The van der Waals surface area contributed by atoms with Crippen molar-refractivity contribution in [1.29, 1.82) is 0 Å². The van der Waals surface area contributed by atoms with Crippen molar-refractivity contribution in [3.8, 4) is 5.75 Å². The number of likely N-dealkylation sites (N-methyl/N-ethyl adjacent to an activating group) is 1. The van der Waals surface area contributed by atoms with E-state index >= 15 is 0 Å². The molecule has 0 fully saturated rings. The number of aryl methyl sites for hydroxylation is 1. The van der Waals surface area contributed by atoms with E-state index in [1.807, 2.05) is 62.6 Å². The first-order chi connectivity index (χ1) is 13.1. The van der Waals surface area contributed by atoms with Crippen molar-refractivity contribution < 1.29 is 9.53 Å². The number of para-hydroxylation sites is 2. The number of hydrogen-bond donors (Lipinski definition) is 2. The molecule has 3 aromatic rings. The predicted molar refractivity (Wildman–Crippen MR) is 107 cm³/mol. The fourth-order valence-corrected chi connectivity index (χ4v) is 3.08. The molecule has 1 amide bonds. The fraction of sp³-hybridized carbons (Fsp3) is 0.333. The molecule has 3 rings (SSSR count). The first-order valence-electron chi connectivity index (χ1n) is 9.07. The van der Waals surface area contributed by atoms with Crippen molar-refractivity contribution in [2.24, 2.45) is 0 Å². The van der Waals surface area contributed by atoms with Crippen LogP contribution >= 0.6 is 0 Å². The molecule has 0 aliphatic carbocycles. The molecule has 0 unspecified atom stereocenters. The topological polar surface area (TPSA) is 70.2 Å². The third kappa shape index (κ3) is 4.86. The Labute approximate surface area is 159 Å². The number of rotatable bonds is 8. The number of aromatic amines is 1. The van der Waals surface area contributed by atoms with Gasteiger partial charge in [0.1, 0.15) is 11.6 Å². The van der Waals surface area contributed by atoms with Crippen LogP contribution in [0.3, 0.4) is 0 Å². The van der Waals surface area contributed by atoms with Gasteiger partial charge in [0.2, 0.25) is 5.91 Å². The third-order valence-electron chi connectivity index (χ3n) is 4.64. The monoisotopic (exact) mass is 366 g/mol. The van der Waals surface area contributed by atoms with E-state index in [2.05, 4.69) is 20.2 Å². The minimum atomic E-state index is 0.0239. The number of H-pyrrole nitrogens is 1. The molecule has 0 spiro atoms. The van der Waals surface area contributed by atoms with Gasteiger partial charge in [-0.1, -0.05) is 24.3 Å². The molecule has 1 aromatic heterocycles. The maximum atomic E-state index is 12.3. The molecule has 1 atom stereocenters. The zero-order chi connectivity index (χ0) is 19.2. The van der Waals surface area contributed by atoms with E-state index < -0.39 is 0 Å². The van der Waals surface area contributed by atoms with Gasteiger partial charge in [-0.3, -0.25) is 4.79 Å². The summed E-state index contributed by atoms with van der Waals surface area (Å²) in [5.41, 5.74) is 3.07. The Morgan fingerprint density at radius 3 is 2.59 bits per heavy atom. The summed E-state index contributed by atoms with van der Waals surface area (Å²) in [5, 5.41) is 3.04. The molecule has 0 bridgehead atoms. The van der Waals surface area contributed by atoms with Gasteiger partial charge in [0.25, 0.3) is 0 Å². The smallest absolute Gasteiger partial charge is 0.220 e. The number of imidazole rings is 1. The van der Waals surface area contributed by atoms with Crippen molar-refractivity contribution in [3.63, 3.8) is 0 Å². The van der Waals surface area contributed by atoms with Crippen LogP contribution in [0, 0.1) is 0 Å². The number of fused-ring (bicyclic) bond motifs is 1. The van der Waals surface area contributed by atoms with E-state index in [9.17, 15) is 4.79 Å². The van der Waals surface area contributed by atoms with E-state index in [0.29, 0.717) is 19.4 Å². The second-order valence-electron chi connectivity index (χ2n) is 6.76. The lowest BCUT2D eigenvalue weighted by atomic mass is 10.1. The van der Waals surface area contributed by atoms with Crippen LogP contribution in [-0.4, -0.2) is 48.5 Å². The number of methoxy groups -OCH3 is 1. The van der Waals surface area contributed by atoms with Crippen LogP contribution in [0.15, 0.2) is 48.5 Å². The number of hydrogen-bond acceptors (Lipinski definition) is 4. The van der Waals surface area contributed by atoms with Gasteiger partial charge in [-0.25, -0.2) is 4.98 Å². The maximum Gasteiger partial charge on any atom is 0.220 e. The number of carbonyl (C=O) groups excluding carboxylic acids is 1. The van der Waals surface area contributed by atoms with Crippen LogP contribution in [-0.2, 0) is 11.2 Å². The summed E-state index contributed by atoms with van der Waals surface area (Å²) in [4.78, 5) is 22.2. The average molecular weight is 366 g/mol. The third-order valence-corrected chi connectivity index (χ3v) is 4.64. The van der Waals surface area contributed by atoms with Gasteiger partial charge in [-0.15, -0.1) is 0 Å². The molecule has 2 aromatic carbocycles. The Hall–Kier alpha value is -2.86. The van der Waals surface area contributed by atoms with Crippen molar-refractivity contribution >= 4 is 16.9 Å². The van der Waals surface area contributed by atoms with Crippen molar-refractivity contribution in [2.45, 2.75) is 18.9 Å². The number of benzene rings is 2. The van der Waals surface area contributed by atoms with Crippen molar-refractivity contribution in [3.05, 3.63) is 59.9 Å². The van der Waals surface area contributed by atoms with E-state index in [-0.39, 0.29) is 11.9 Å². The van der Waals surface area contributed by atoms with Gasteiger partial charge in [-0.2, -0.15) is 0 Å². The summed E-state index contributed by atoms with van der Waals surface area (Å²) in [7, 11) is 5.67. The van der Waals surface area contributed by atoms with Crippen LogP contribution in [0.1, 0.15) is 23.9 Å². The zero-order valence-electron chi connectivity index (χ0n) is 16.0. The normalized spacial score (nSPS) is 12.3. The van der Waals surface area contributed by atoms with E-state index in [0.717, 1.165) is 28.2 Å². The standard InChI is InChI=1S/C21H26N4O2/c1-25(2)19(15-8-10-16(27-3)11-9-15)14-22-21(26)13-12-20-23-17-6-4-5-7-18(17)24-20/h4-11,19H,12-14H2,1-3H3,(H,22,26)(H,23,24)/t19-/m1/s1. The van der Waals surface area contributed by atoms with Crippen LogP contribution < -0.4 is 10.1 Å². The van der Waals surface area contributed by atoms with E-state index in [4.69, 9.17) is 4.74 Å². The van der Waals surface area contributed by atoms with Crippen LogP contribution in [0.25, 0.3) is 11.0 Å². The predicted octanol–water partition coefficient (Wildman–Crippen LogP) is 2.92. The maximum absolute atomic E-state index is 12.3. The van der Waals surface area contributed by atoms with Crippen LogP contribution in [0.4, 0.5) is 0 Å². The average Bonchev–Trinajstić information content (AvgIpc) is 3.10. The Bertz CT molecular complexity index is 854. The molecule has 1 heterocycles. The van der Waals surface area contributed by atoms with E-state index in [1.165, 1.54) is 0 Å². The molecule has 0 saturated heterocycles. The lowest BCUT2D eigenvalue weighted by molar-refractivity contribution is -0.121. The van der Waals surface area contributed by atoms with Crippen LogP contribution in [0.2, 0.25) is 0 Å². The zero-order valence-corrected chi connectivity index (χ0v) is 16.0. The highest BCUT2D eigenvalue weighted by Gasteiger charge is 2.15. The minimum Gasteiger partial charge on any atom is -0.497 e. The van der Waals surface area contributed by atoms with Gasteiger partial charge in [-0.05, 0) is 43.9 Å². The van der Waals surface area contributed by atoms with Gasteiger partial charge >= 0.3 is 0 Å². The lowest BCUT2D eigenvalue weighted by Gasteiger charge is -2.25.